The van der Waals surface area contributed by atoms with Crippen LogP contribution in [0.5, 0.6) is 0 Å². The first kappa shape index (κ1) is 24.3. The summed E-state index contributed by atoms with van der Waals surface area (Å²) in [4.78, 5) is 34.5. The van der Waals surface area contributed by atoms with E-state index in [1.165, 1.54) is 30.3 Å². The molecule has 1 fully saturated rings. The highest BCUT2D eigenvalue weighted by Gasteiger charge is 2.33. The molecule has 1 aliphatic carbocycles. The molecular formula is C21H19ClF3N3O5. The molecule has 8 nitrogen and oxygen atoms in total. The Morgan fingerprint density at radius 2 is 1.70 bits per heavy atom. The normalized spacial score (nSPS) is 18.3. The third-order valence-electron chi connectivity index (χ3n) is 5.13. The predicted octanol–water partition coefficient (Wildman–Crippen LogP) is 5.56. The number of urea groups is 1. The Hall–Kier alpha value is -3.34. The highest BCUT2D eigenvalue weighted by atomic mass is 35.5. The van der Waals surface area contributed by atoms with Gasteiger partial charge < -0.3 is 15.4 Å². The second kappa shape index (κ2) is 10.1. The summed E-state index contributed by atoms with van der Waals surface area (Å²) in [6.45, 7) is 0. The molecule has 33 heavy (non-hydrogen) atoms. The molecule has 0 unspecified atom stereocenters. The van der Waals surface area contributed by atoms with Crippen LogP contribution in [0, 0.1) is 10.1 Å². The van der Waals surface area contributed by atoms with E-state index in [0.717, 1.165) is 12.1 Å². The summed E-state index contributed by atoms with van der Waals surface area (Å²) in [7, 11) is 0. The maximum atomic E-state index is 12.9. The van der Waals surface area contributed by atoms with E-state index in [-0.39, 0.29) is 29.1 Å². The van der Waals surface area contributed by atoms with Crippen molar-refractivity contribution in [1.82, 2.24) is 5.32 Å². The van der Waals surface area contributed by atoms with E-state index in [4.69, 9.17) is 16.3 Å². The molecule has 0 spiro atoms. The van der Waals surface area contributed by atoms with Crippen LogP contribution in [0.25, 0.3) is 0 Å². The van der Waals surface area contributed by atoms with Gasteiger partial charge in [-0.25, -0.2) is 9.59 Å². The van der Waals surface area contributed by atoms with E-state index in [0.29, 0.717) is 25.7 Å². The lowest BCUT2D eigenvalue weighted by atomic mass is 9.93. The van der Waals surface area contributed by atoms with Crippen LogP contribution >= 0.6 is 11.6 Å². The molecule has 3 rings (SSSR count). The smallest absolute Gasteiger partial charge is 0.417 e. The minimum absolute atomic E-state index is 0.0464. The number of carbonyl (C=O) groups excluding carboxylic acids is 2. The SMILES string of the molecule is O=C(Nc1ccc(Cl)c(C(F)(F)F)c1)NC1CCC(OC(=O)c2ccc([N+](=O)[O-])cc2)CC1. The molecule has 2 N–H and O–H groups in total. The lowest BCUT2D eigenvalue weighted by Gasteiger charge is -2.29. The van der Waals surface area contributed by atoms with Gasteiger partial charge in [-0.05, 0) is 56.0 Å². The quantitative estimate of drug-likeness (QED) is 0.327. The number of nitrogens with one attached hydrogen (secondary N) is 2. The third kappa shape index (κ3) is 6.58. The number of benzene rings is 2. The number of hydrogen-bond donors (Lipinski definition) is 2. The summed E-state index contributed by atoms with van der Waals surface area (Å²) in [6.07, 6.45) is -3.07. The van der Waals surface area contributed by atoms with Crippen molar-refractivity contribution in [2.45, 2.75) is 44.0 Å². The van der Waals surface area contributed by atoms with Crippen molar-refractivity contribution in [1.29, 1.82) is 0 Å². The van der Waals surface area contributed by atoms with Crippen LogP contribution in [0.4, 0.5) is 29.3 Å². The Bertz CT molecular complexity index is 1040. The number of carbonyl (C=O) groups is 2. The van der Waals surface area contributed by atoms with Gasteiger partial charge in [-0.2, -0.15) is 13.2 Å². The molecule has 2 aromatic carbocycles. The third-order valence-corrected chi connectivity index (χ3v) is 5.46. The number of nitro groups is 1. The molecule has 176 valence electrons. The summed E-state index contributed by atoms with van der Waals surface area (Å²) in [5, 5.41) is 15.3. The molecule has 0 heterocycles. The Kier molecular flexibility index (Phi) is 7.42. The van der Waals surface area contributed by atoms with Crippen LogP contribution in [0.1, 0.15) is 41.6 Å². The number of rotatable bonds is 5. The van der Waals surface area contributed by atoms with E-state index in [9.17, 15) is 32.9 Å². The zero-order chi connectivity index (χ0) is 24.2. The van der Waals surface area contributed by atoms with Crippen molar-refractivity contribution in [3.8, 4) is 0 Å². The fourth-order valence-electron chi connectivity index (χ4n) is 3.44. The van der Waals surface area contributed by atoms with E-state index >= 15 is 0 Å². The molecule has 1 saturated carbocycles. The van der Waals surface area contributed by atoms with Crippen molar-refractivity contribution >= 4 is 35.0 Å². The molecule has 0 aliphatic heterocycles. The van der Waals surface area contributed by atoms with E-state index in [1.54, 1.807) is 0 Å². The Morgan fingerprint density at radius 3 is 2.27 bits per heavy atom. The molecule has 0 radical (unpaired) electrons. The highest BCUT2D eigenvalue weighted by Crippen LogP contribution is 2.36. The summed E-state index contributed by atoms with van der Waals surface area (Å²) in [5.41, 5.74) is -1.03. The maximum absolute atomic E-state index is 12.9. The van der Waals surface area contributed by atoms with E-state index in [1.807, 2.05) is 0 Å². The van der Waals surface area contributed by atoms with Gasteiger partial charge in [-0.1, -0.05) is 11.6 Å². The van der Waals surface area contributed by atoms with Crippen LogP contribution in [-0.4, -0.2) is 29.1 Å². The van der Waals surface area contributed by atoms with Gasteiger partial charge in [-0.3, -0.25) is 10.1 Å². The molecular weight excluding hydrogens is 467 g/mol. The molecule has 2 amide bonds. The van der Waals surface area contributed by atoms with Gasteiger partial charge in [0.25, 0.3) is 5.69 Å². The molecule has 0 aromatic heterocycles. The standard InChI is InChI=1S/C21H19ClF3N3O5/c22-18-10-5-14(11-17(18)21(23,24)25)27-20(30)26-13-3-8-16(9-4-13)33-19(29)12-1-6-15(7-2-12)28(31)32/h1-2,5-7,10-11,13,16H,3-4,8-9H2,(H2,26,27,30). The van der Waals surface area contributed by atoms with Crippen molar-refractivity contribution in [2.24, 2.45) is 0 Å². The van der Waals surface area contributed by atoms with E-state index < -0.39 is 33.7 Å². The van der Waals surface area contributed by atoms with Gasteiger partial charge >= 0.3 is 18.2 Å². The average Bonchev–Trinajstić information content (AvgIpc) is 2.75. The number of amides is 2. The van der Waals surface area contributed by atoms with Gasteiger partial charge in [-0.15, -0.1) is 0 Å². The second-order valence-electron chi connectivity index (χ2n) is 7.47. The Labute approximate surface area is 191 Å². The number of alkyl halides is 3. The number of non-ortho nitro benzene ring substituents is 1. The van der Waals surface area contributed by atoms with Crippen LogP contribution in [0.2, 0.25) is 5.02 Å². The molecule has 12 heteroatoms. The number of esters is 1. The predicted molar refractivity (Wildman–Crippen MR) is 113 cm³/mol. The van der Waals surface area contributed by atoms with Gasteiger partial charge in [0.1, 0.15) is 6.10 Å². The summed E-state index contributed by atoms with van der Waals surface area (Å²) < 4.78 is 44.3. The van der Waals surface area contributed by atoms with Crippen LogP contribution in [0.15, 0.2) is 42.5 Å². The number of hydrogen-bond acceptors (Lipinski definition) is 5. The lowest BCUT2D eigenvalue weighted by Crippen LogP contribution is -2.41. The fraction of sp³-hybridized carbons (Fsp3) is 0.333. The molecule has 0 saturated heterocycles. The number of halogens is 4. The van der Waals surface area contributed by atoms with Crippen molar-refractivity contribution in [2.75, 3.05) is 5.32 Å². The minimum atomic E-state index is -4.64. The van der Waals surface area contributed by atoms with Crippen LogP contribution in [-0.2, 0) is 10.9 Å². The van der Waals surface area contributed by atoms with Crippen molar-refractivity contribution < 1.29 is 32.4 Å². The van der Waals surface area contributed by atoms with Gasteiger partial charge in [0.2, 0.25) is 0 Å². The zero-order valence-corrected chi connectivity index (χ0v) is 17.8. The number of nitro benzene ring substituents is 1. The monoisotopic (exact) mass is 485 g/mol. The molecule has 0 atom stereocenters. The van der Waals surface area contributed by atoms with Gasteiger partial charge in [0.15, 0.2) is 0 Å². The molecule has 2 aromatic rings. The average molecular weight is 486 g/mol. The number of nitrogens with zero attached hydrogens (tertiary/aromatic N) is 1. The molecule has 0 bridgehead atoms. The van der Waals surface area contributed by atoms with Gasteiger partial charge in [0, 0.05) is 23.9 Å². The lowest BCUT2D eigenvalue weighted by molar-refractivity contribution is -0.384. The first-order valence-corrected chi connectivity index (χ1v) is 10.3. The minimum Gasteiger partial charge on any atom is -0.459 e. The van der Waals surface area contributed by atoms with Crippen molar-refractivity contribution in [3.05, 3.63) is 68.7 Å². The van der Waals surface area contributed by atoms with Gasteiger partial charge in [0.05, 0.1) is 21.1 Å². The highest BCUT2D eigenvalue weighted by molar-refractivity contribution is 6.31. The first-order chi connectivity index (χ1) is 15.5. The molecule has 1 aliphatic rings. The number of anilines is 1. The Balaban J connectivity index is 1.47. The number of ether oxygens (including phenoxy) is 1. The van der Waals surface area contributed by atoms with Crippen LogP contribution in [0.3, 0.4) is 0 Å². The topological polar surface area (TPSA) is 111 Å². The van der Waals surface area contributed by atoms with Crippen LogP contribution < -0.4 is 10.6 Å². The Morgan fingerprint density at radius 1 is 1.06 bits per heavy atom. The maximum Gasteiger partial charge on any atom is 0.417 e. The summed E-state index contributed by atoms with van der Waals surface area (Å²) in [6, 6.07) is 7.26. The van der Waals surface area contributed by atoms with Crippen molar-refractivity contribution in [3.63, 3.8) is 0 Å². The second-order valence-corrected chi connectivity index (χ2v) is 7.88. The summed E-state index contributed by atoms with van der Waals surface area (Å²) >= 11 is 5.57. The fourth-order valence-corrected chi connectivity index (χ4v) is 3.66. The largest absolute Gasteiger partial charge is 0.459 e. The van der Waals surface area contributed by atoms with E-state index in [2.05, 4.69) is 10.6 Å². The first-order valence-electron chi connectivity index (χ1n) is 9.92. The zero-order valence-electron chi connectivity index (χ0n) is 17.0. The summed E-state index contributed by atoms with van der Waals surface area (Å²) in [5.74, 6) is -0.595.